The van der Waals surface area contributed by atoms with Gasteiger partial charge in [-0.2, -0.15) is 4.98 Å². The number of rotatable bonds is 4. The summed E-state index contributed by atoms with van der Waals surface area (Å²) in [5.41, 5.74) is 1.90. The van der Waals surface area contributed by atoms with E-state index >= 15 is 0 Å². The van der Waals surface area contributed by atoms with Crippen LogP contribution in [0.4, 0.5) is 15.9 Å². The molecule has 0 aliphatic heterocycles. The van der Waals surface area contributed by atoms with Gasteiger partial charge in [0.15, 0.2) is 0 Å². The minimum absolute atomic E-state index is 0.102. The zero-order chi connectivity index (χ0) is 13.8. The van der Waals surface area contributed by atoms with Gasteiger partial charge in [-0.1, -0.05) is 6.07 Å². The van der Waals surface area contributed by atoms with E-state index in [1.54, 1.807) is 0 Å². The average molecular weight is 264 g/mol. The van der Waals surface area contributed by atoms with Crippen LogP contribution >= 0.6 is 0 Å². The number of hydrogen-bond acceptors (Lipinski definition) is 6. The lowest BCUT2D eigenvalue weighted by Gasteiger charge is -2.07. The Hall–Kier alpha value is -2.74. The van der Waals surface area contributed by atoms with E-state index in [2.05, 4.69) is 10.4 Å². The summed E-state index contributed by atoms with van der Waals surface area (Å²) < 4.78 is 18.2. The minimum atomic E-state index is -0.651. The van der Waals surface area contributed by atoms with E-state index in [0.29, 0.717) is 0 Å². The lowest BCUT2D eigenvalue weighted by molar-refractivity contribution is -0.386. The van der Waals surface area contributed by atoms with Crippen molar-refractivity contribution in [2.24, 2.45) is 5.84 Å². The van der Waals surface area contributed by atoms with Crippen LogP contribution in [0.3, 0.4) is 0 Å². The van der Waals surface area contributed by atoms with E-state index in [4.69, 9.17) is 10.6 Å². The van der Waals surface area contributed by atoms with Gasteiger partial charge in [-0.25, -0.2) is 10.2 Å². The SMILES string of the molecule is NNc1ccc([N+](=O)[O-])c(Oc2cccc(F)c2)n1. The molecule has 1 aromatic carbocycles. The normalized spacial score (nSPS) is 10.0. The molecule has 0 fully saturated rings. The van der Waals surface area contributed by atoms with Crippen LogP contribution in [0.5, 0.6) is 11.6 Å². The molecule has 1 aromatic heterocycles. The number of nitrogens with zero attached hydrogens (tertiary/aromatic N) is 2. The van der Waals surface area contributed by atoms with Crippen molar-refractivity contribution >= 4 is 11.5 Å². The molecule has 3 N–H and O–H groups in total. The van der Waals surface area contributed by atoms with Crippen molar-refractivity contribution in [3.05, 3.63) is 52.3 Å². The summed E-state index contributed by atoms with van der Waals surface area (Å²) in [6.45, 7) is 0. The molecule has 8 heteroatoms. The Kier molecular flexibility index (Phi) is 3.53. The Bertz CT molecular complexity index is 621. The molecule has 0 saturated heterocycles. The molecule has 0 saturated carbocycles. The fraction of sp³-hybridized carbons (Fsp3) is 0. The first-order valence-electron chi connectivity index (χ1n) is 5.15. The first kappa shape index (κ1) is 12.7. The second-order valence-corrected chi connectivity index (χ2v) is 3.48. The first-order chi connectivity index (χ1) is 9.10. The molecule has 19 heavy (non-hydrogen) atoms. The average Bonchev–Trinajstić information content (AvgIpc) is 2.38. The smallest absolute Gasteiger partial charge is 0.331 e. The predicted octanol–water partition coefficient (Wildman–Crippen LogP) is 2.21. The largest absolute Gasteiger partial charge is 0.434 e. The standard InChI is InChI=1S/C11H9FN4O3/c12-7-2-1-3-8(6-7)19-11-9(16(17)18)4-5-10(14-11)15-13/h1-6H,13H2,(H,14,15). The van der Waals surface area contributed by atoms with Crippen molar-refractivity contribution in [1.29, 1.82) is 0 Å². The Morgan fingerprint density at radius 1 is 1.37 bits per heavy atom. The number of nitro groups is 1. The monoisotopic (exact) mass is 264 g/mol. The molecule has 0 radical (unpaired) electrons. The fourth-order valence-corrected chi connectivity index (χ4v) is 1.37. The number of anilines is 1. The van der Waals surface area contributed by atoms with Crippen LogP contribution in [0.15, 0.2) is 36.4 Å². The van der Waals surface area contributed by atoms with Crippen molar-refractivity contribution < 1.29 is 14.1 Å². The van der Waals surface area contributed by atoms with E-state index in [1.165, 1.54) is 30.3 Å². The molecule has 0 atom stereocenters. The van der Waals surface area contributed by atoms with Crippen LogP contribution in [0.2, 0.25) is 0 Å². The van der Waals surface area contributed by atoms with Gasteiger partial charge in [0, 0.05) is 12.1 Å². The molecule has 0 spiro atoms. The van der Waals surface area contributed by atoms with Gasteiger partial charge in [-0.3, -0.25) is 10.1 Å². The third-order valence-corrected chi connectivity index (χ3v) is 2.20. The molecule has 2 aromatic rings. The second-order valence-electron chi connectivity index (χ2n) is 3.48. The Labute approximate surface area is 107 Å². The Morgan fingerprint density at radius 3 is 2.79 bits per heavy atom. The van der Waals surface area contributed by atoms with E-state index in [0.717, 1.165) is 6.07 Å². The molecular weight excluding hydrogens is 255 g/mol. The number of hydrogen-bond donors (Lipinski definition) is 2. The van der Waals surface area contributed by atoms with Crippen molar-refractivity contribution in [1.82, 2.24) is 4.98 Å². The number of nitrogen functional groups attached to an aromatic ring is 1. The highest BCUT2D eigenvalue weighted by Gasteiger charge is 2.18. The van der Waals surface area contributed by atoms with Crippen molar-refractivity contribution in [3.8, 4) is 11.6 Å². The summed E-state index contributed by atoms with van der Waals surface area (Å²) in [5, 5.41) is 10.8. The Balaban J connectivity index is 2.39. The molecule has 1 heterocycles. The topological polar surface area (TPSA) is 103 Å². The third kappa shape index (κ3) is 2.93. The maximum atomic E-state index is 13.0. The molecule has 2 rings (SSSR count). The quantitative estimate of drug-likeness (QED) is 0.498. The highest BCUT2D eigenvalue weighted by molar-refractivity contribution is 5.50. The predicted molar refractivity (Wildman–Crippen MR) is 65.2 cm³/mol. The number of pyridine rings is 1. The summed E-state index contributed by atoms with van der Waals surface area (Å²) in [6, 6.07) is 7.71. The lowest BCUT2D eigenvalue weighted by Crippen LogP contribution is -2.09. The number of nitrogens with two attached hydrogens (primary N) is 1. The van der Waals surface area contributed by atoms with Crippen molar-refractivity contribution in [2.75, 3.05) is 5.43 Å². The van der Waals surface area contributed by atoms with Gasteiger partial charge in [-0.15, -0.1) is 0 Å². The van der Waals surface area contributed by atoms with Crippen LogP contribution < -0.4 is 16.0 Å². The molecule has 0 aliphatic carbocycles. The summed E-state index contributed by atoms with van der Waals surface area (Å²) >= 11 is 0. The van der Waals surface area contributed by atoms with E-state index in [9.17, 15) is 14.5 Å². The number of nitrogens with one attached hydrogen (secondary N) is 1. The maximum absolute atomic E-state index is 13.0. The molecule has 98 valence electrons. The lowest BCUT2D eigenvalue weighted by atomic mass is 10.3. The van der Waals surface area contributed by atoms with Gasteiger partial charge in [0.2, 0.25) is 0 Å². The number of halogens is 1. The fourth-order valence-electron chi connectivity index (χ4n) is 1.37. The van der Waals surface area contributed by atoms with Gasteiger partial charge in [0.1, 0.15) is 17.4 Å². The molecule has 0 aliphatic rings. The first-order valence-corrected chi connectivity index (χ1v) is 5.15. The van der Waals surface area contributed by atoms with Crippen molar-refractivity contribution in [3.63, 3.8) is 0 Å². The van der Waals surface area contributed by atoms with Crippen LogP contribution in [-0.4, -0.2) is 9.91 Å². The van der Waals surface area contributed by atoms with Gasteiger partial charge >= 0.3 is 11.6 Å². The highest BCUT2D eigenvalue weighted by atomic mass is 19.1. The van der Waals surface area contributed by atoms with E-state index < -0.39 is 10.7 Å². The zero-order valence-electron chi connectivity index (χ0n) is 9.54. The van der Waals surface area contributed by atoms with E-state index in [-0.39, 0.29) is 23.1 Å². The molecule has 0 unspecified atom stereocenters. The van der Waals surface area contributed by atoms with Gasteiger partial charge in [-0.05, 0) is 18.2 Å². The van der Waals surface area contributed by atoms with Gasteiger partial charge in [0.05, 0.1) is 4.92 Å². The van der Waals surface area contributed by atoms with E-state index in [1.807, 2.05) is 0 Å². The second kappa shape index (κ2) is 5.27. The molecule has 0 bridgehead atoms. The summed E-state index contributed by atoms with van der Waals surface area (Å²) in [6.07, 6.45) is 0. The Morgan fingerprint density at radius 2 is 2.16 bits per heavy atom. The third-order valence-electron chi connectivity index (χ3n) is 2.20. The number of hydrazine groups is 1. The van der Waals surface area contributed by atoms with Crippen molar-refractivity contribution in [2.45, 2.75) is 0 Å². The number of aromatic nitrogens is 1. The van der Waals surface area contributed by atoms with Crippen LogP contribution in [0.1, 0.15) is 0 Å². The van der Waals surface area contributed by atoms with Crippen LogP contribution in [0, 0.1) is 15.9 Å². The van der Waals surface area contributed by atoms with Crippen LogP contribution in [0.25, 0.3) is 0 Å². The summed E-state index contributed by atoms with van der Waals surface area (Å²) in [5.74, 6) is 4.67. The van der Waals surface area contributed by atoms with Crippen LogP contribution in [-0.2, 0) is 0 Å². The highest BCUT2D eigenvalue weighted by Crippen LogP contribution is 2.30. The number of ether oxygens (including phenoxy) is 1. The van der Waals surface area contributed by atoms with Gasteiger partial charge in [0.25, 0.3) is 0 Å². The maximum Gasteiger partial charge on any atom is 0.331 e. The molecule has 0 amide bonds. The minimum Gasteiger partial charge on any atom is -0.434 e. The summed E-state index contributed by atoms with van der Waals surface area (Å²) in [7, 11) is 0. The zero-order valence-corrected chi connectivity index (χ0v) is 9.54. The molecule has 7 nitrogen and oxygen atoms in total. The van der Waals surface area contributed by atoms with Gasteiger partial charge < -0.3 is 10.2 Å². The summed E-state index contributed by atoms with van der Waals surface area (Å²) in [4.78, 5) is 14.0. The molecular formula is C11H9FN4O3. The number of benzene rings is 1.